The van der Waals surface area contributed by atoms with Gasteiger partial charge < -0.3 is 9.45 Å². The molecule has 6 nitrogen and oxygen atoms in total. The van der Waals surface area contributed by atoms with Crippen LogP contribution in [0, 0.1) is 5.41 Å². The molecule has 2 fully saturated rings. The zero-order valence-electron chi connectivity index (χ0n) is 12.0. The van der Waals surface area contributed by atoms with Crippen LogP contribution in [0.4, 0.5) is 14.6 Å². The fraction of sp³-hybridized carbons (Fsp3) is 0.500. The highest BCUT2D eigenvalue weighted by atomic mass is 32.2. The van der Waals surface area contributed by atoms with Crippen LogP contribution in [0.5, 0.6) is 0 Å². The van der Waals surface area contributed by atoms with E-state index in [1.165, 1.54) is 6.20 Å². The van der Waals surface area contributed by atoms with Crippen LogP contribution in [-0.4, -0.2) is 42.7 Å². The molecule has 1 aliphatic heterocycles. The molecule has 0 aromatic carbocycles. The minimum Gasteiger partial charge on any atom is -0.766 e. The minimum atomic E-state index is -2.56. The number of fused-ring (bicyclic) bond motifs is 1. The van der Waals surface area contributed by atoms with Gasteiger partial charge in [-0.3, -0.25) is 4.21 Å². The van der Waals surface area contributed by atoms with Crippen molar-refractivity contribution in [1.29, 1.82) is 0 Å². The predicted octanol–water partition coefficient (Wildman–Crippen LogP) is 1.89. The van der Waals surface area contributed by atoms with Crippen LogP contribution in [0.1, 0.15) is 19.3 Å². The van der Waals surface area contributed by atoms with E-state index in [4.69, 9.17) is 0 Å². The largest absolute Gasteiger partial charge is 0.766 e. The van der Waals surface area contributed by atoms with Gasteiger partial charge in [0.1, 0.15) is 5.52 Å². The highest BCUT2D eigenvalue weighted by Gasteiger charge is 2.58. The summed E-state index contributed by atoms with van der Waals surface area (Å²) < 4.78 is 48.6. The Labute approximate surface area is 133 Å². The molecule has 1 saturated carbocycles. The number of anilines is 1. The van der Waals surface area contributed by atoms with E-state index in [2.05, 4.69) is 15.0 Å². The summed E-state index contributed by atoms with van der Waals surface area (Å²) in [6, 6.07) is 1.69. The Morgan fingerprint density at radius 3 is 2.78 bits per heavy atom. The van der Waals surface area contributed by atoms with E-state index in [1.807, 2.05) is 4.90 Å². The fourth-order valence-electron chi connectivity index (χ4n) is 3.69. The van der Waals surface area contributed by atoms with Crippen molar-refractivity contribution in [3.63, 3.8) is 0 Å². The molecule has 0 amide bonds. The summed E-state index contributed by atoms with van der Waals surface area (Å²) in [6.07, 6.45) is 3.53. The zero-order chi connectivity index (χ0) is 16.2. The number of alkyl halides is 2. The van der Waals surface area contributed by atoms with Crippen LogP contribution in [-0.2, 0) is 11.1 Å². The lowest BCUT2D eigenvalue weighted by Crippen LogP contribution is -2.47. The lowest BCUT2D eigenvalue weighted by Gasteiger charge is -2.44. The van der Waals surface area contributed by atoms with E-state index in [-0.39, 0.29) is 23.4 Å². The molecule has 1 saturated heterocycles. The number of halogens is 2. The molecule has 9 heteroatoms. The molecule has 0 bridgehead atoms. The first kappa shape index (κ1) is 14.8. The van der Waals surface area contributed by atoms with Crippen LogP contribution in [0.25, 0.3) is 10.9 Å². The SMILES string of the molecule is O=S([O-])c1ncc2ccnc(N3CCC4(C3)CC(F)(F)C4)c2n1. The summed E-state index contributed by atoms with van der Waals surface area (Å²) in [5, 5.41) is 0.375. The van der Waals surface area contributed by atoms with Gasteiger partial charge in [0.25, 0.3) is 0 Å². The third-order valence-electron chi connectivity index (χ3n) is 4.61. The number of aromatic nitrogens is 3. The fourth-order valence-corrected chi connectivity index (χ4v) is 3.99. The number of hydrogen-bond acceptors (Lipinski definition) is 6. The highest BCUT2D eigenvalue weighted by Crippen LogP contribution is 2.57. The first-order valence-electron chi connectivity index (χ1n) is 7.21. The Morgan fingerprint density at radius 1 is 1.30 bits per heavy atom. The smallest absolute Gasteiger partial charge is 0.249 e. The van der Waals surface area contributed by atoms with Crippen molar-refractivity contribution in [1.82, 2.24) is 15.0 Å². The van der Waals surface area contributed by atoms with Crippen molar-refractivity contribution in [3.05, 3.63) is 18.5 Å². The van der Waals surface area contributed by atoms with Gasteiger partial charge >= 0.3 is 0 Å². The summed E-state index contributed by atoms with van der Waals surface area (Å²) in [7, 11) is 0. The Balaban J connectivity index is 1.69. The summed E-state index contributed by atoms with van der Waals surface area (Å²) in [6.45, 7) is 1.11. The Morgan fingerprint density at radius 2 is 2.09 bits per heavy atom. The van der Waals surface area contributed by atoms with Gasteiger partial charge in [0.05, 0.1) is 0 Å². The van der Waals surface area contributed by atoms with Crippen LogP contribution in [0.15, 0.2) is 23.6 Å². The standard InChI is InChI=1S/C14H14F2N4O2S/c15-14(16)6-13(7-14)2-4-20(8-13)11-10-9(1-3-17-11)5-18-12(19-10)23(21)22/h1,3,5H,2,4,6-8H2,(H,21,22)/p-1. The molecule has 2 aromatic rings. The van der Waals surface area contributed by atoms with Gasteiger partial charge in [-0.1, -0.05) is 0 Å². The second-order valence-corrected chi connectivity index (χ2v) is 7.18. The summed E-state index contributed by atoms with van der Waals surface area (Å²) in [5.74, 6) is -2.03. The number of pyridine rings is 1. The van der Waals surface area contributed by atoms with E-state index in [0.717, 1.165) is 0 Å². The van der Waals surface area contributed by atoms with Gasteiger partial charge in [0.15, 0.2) is 5.82 Å². The van der Waals surface area contributed by atoms with Crippen LogP contribution >= 0.6 is 0 Å². The third-order valence-corrected chi connectivity index (χ3v) is 5.11. The van der Waals surface area contributed by atoms with E-state index < -0.39 is 17.0 Å². The van der Waals surface area contributed by atoms with Crippen molar-refractivity contribution >= 4 is 27.8 Å². The van der Waals surface area contributed by atoms with Crippen LogP contribution < -0.4 is 4.90 Å². The van der Waals surface area contributed by atoms with Gasteiger partial charge in [0, 0.05) is 60.2 Å². The maximum Gasteiger partial charge on any atom is 0.249 e. The average molecular weight is 339 g/mol. The Hall–Kier alpha value is -1.74. The normalized spacial score (nSPS) is 23.2. The number of rotatable bonds is 2. The van der Waals surface area contributed by atoms with Crippen molar-refractivity contribution in [2.24, 2.45) is 5.41 Å². The average Bonchev–Trinajstić information content (AvgIpc) is 2.89. The van der Waals surface area contributed by atoms with Crippen LogP contribution in [0.3, 0.4) is 0 Å². The first-order chi connectivity index (χ1) is 10.9. The molecule has 1 aliphatic carbocycles. The second-order valence-electron chi connectivity index (χ2n) is 6.34. The Bertz CT molecular complexity index is 808. The monoisotopic (exact) mass is 339 g/mol. The molecule has 0 radical (unpaired) electrons. The van der Waals surface area contributed by atoms with Gasteiger partial charge in [0.2, 0.25) is 11.1 Å². The summed E-state index contributed by atoms with van der Waals surface area (Å²) in [4.78, 5) is 14.1. The molecule has 1 unspecified atom stereocenters. The maximum absolute atomic E-state index is 13.2. The molecule has 122 valence electrons. The van der Waals surface area contributed by atoms with Crippen molar-refractivity contribution < 1.29 is 17.5 Å². The third kappa shape index (κ3) is 2.47. The van der Waals surface area contributed by atoms with Crippen molar-refractivity contribution in [2.75, 3.05) is 18.0 Å². The van der Waals surface area contributed by atoms with Gasteiger partial charge in [-0.15, -0.1) is 0 Å². The first-order valence-corrected chi connectivity index (χ1v) is 8.29. The zero-order valence-corrected chi connectivity index (χ0v) is 12.9. The summed E-state index contributed by atoms with van der Waals surface area (Å²) in [5.41, 5.74) is 0.0784. The predicted molar refractivity (Wildman–Crippen MR) is 78.0 cm³/mol. The minimum absolute atomic E-state index is 0.0912. The number of nitrogens with zero attached hydrogens (tertiary/aromatic N) is 4. The lowest BCUT2D eigenvalue weighted by molar-refractivity contribution is -0.152. The lowest BCUT2D eigenvalue weighted by atomic mass is 9.65. The Kier molecular flexibility index (Phi) is 3.14. The molecule has 2 aliphatic rings. The van der Waals surface area contributed by atoms with Crippen molar-refractivity contribution in [2.45, 2.75) is 30.3 Å². The highest BCUT2D eigenvalue weighted by molar-refractivity contribution is 7.79. The molecule has 1 atom stereocenters. The molecule has 23 heavy (non-hydrogen) atoms. The van der Waals surface area contributed by atoms with Gasteiger partial charge in [-0.25, -0.2) is 23.7 Å². The van der Waals surface area contributed by atoms with Crippen molar-refractivity contribution in [3.8, 4) is 0 Å². The van der Waals surface area contributed by atoms with Gasteiger partial charge in [-0.2, -0.15) is 0 Å². The van der Waals surface area contributed by atoms with Gasteiger partial charge in [-0.05, 0) is 12.5 Å². The maximum atomic E-state index is 13.2. The van der Waals surface area contributed by atoms with E-state index in [9.17, 15) is 17.5 Å². The molecular formula is C14H13F2N4O2S-. The topological polar surface area (TPSA) is 82.0 Å². The molecular weight excluding hydrogens is 326 g/mol. The van der Waals surface area contributed by atoms with E-state index in [1.54, 1.807) is 12.3 Å². The molecule has 3 heterocycles. The molecule has 2 aromatic heterocycles. The molecule has 4 rings (SSSR count). The number of hydrogen-bond donors (Lipinski definition) is 0. The molecule has 0 N–H and O–H groups in total. The van der Waals surface area contributed by atoms with Crippen LogP contribution in [0.2, 0.25) is 0 Å². The quantitative estimate of drug-likeness (QED) is 0.614. The van der Waals surface area contributed by atoms with E-state index in [0.29, 0.717) is 36.2 Å². The second kappa shape index (κ2) is 4.88. The summed E-state index contributed by atoms with van der Waals surface area (Å²) >= 11 is -2.53. The molecule has 1 spiro atoms. The van der Waals surface area contributed by atoms with E-state index >= 15 is 0 Å².